The molecule has 0 fully saturated rings. The lowest BCUT2D eigenvalue weighted by Gasteiger charge is -2.19. The minimum absolute atomic E-state index is 0.0767. The van der Waals surface area contributed by atoms with Gasteiger partial charge in [-0.3, -0.25) is 0 Å². The van der Waals surface area contributed by atoms with Crippen LogP contribution in [0.1, 0.15) is 20.8 Å². The third-order valence-corrected chi connectivity index (χ3v) is 1.01. The fraction of sp³-hybridized carbons (Fsp3) is 0.667. The largest absolute Gasteiger partial charge is 0.378 e. The van der Waals surface area contributed by atoms with Gasteiger partial charge in [-0.15, -0.1) is 0 Å². The number of aromatic nitrogens is 2. The highest BCUT2D eigenvalue weighted by atomic mass is 16.6. The molecule has 0 amide bonds. The van der Waals surface area contributed by atoms with Crippen molar-refractivity contribution in [2.75, 3.05) is 11.1 Å². The Hall–Kier alpha value is -1.26. The number of nitrogens with zero attached hydrogens (tertiary/aromatic N) is 2. The van der Waals surface area contributed by atoms with E-state index < -0.39 is 0 Å². The molecule has 0 saturated heterocycles. The average Bonchev–Trinajstić information content (AvgIpc) is 2.12. The van der Waals surface area contributed by atoms with Crippen molar-refractivity contribution in [3.05, 3.63) is 0 Å². The van der Waals surface area contributed by atoms with Crippen LogP contribution in [-0.2, 0) is 0 Å². The first-order valence-electron chi connectivity index (χ1n) is 3.35. The summed E-state index contributed by atoms with van der Waals surface area (Å²) in [5.74, 6) is 0.789. The summed E-state index contributed by atoms with van der Waals surface area (Å²) in [4.78, 5) is 0. The zero-order valence-corrected chi connectivity index (χ0v) is 6.88. The summed E-state index contributed by atoms with van der Waals surface area (Å²) in [5.41, 5.74) is 5.34. The fourth-order valence-corrected chi connectivity index (χ4v) is 0.637. The Morgan fingerprint density at radius 2 is 2.00 bits per heavy atom. The lowest BCUT2D eigenvalue weighted by molar-refractivity contribution is 0.310. The van der Waals surface area contributed by atoms with Crippen molar-refractivity contribution in [2.45, 2.75) is 26.3 Å². The molecule has 1 rings (SSSR count). The molecule has 1 aromatic rings. The van der Waals surface area contributed by atoms with Crippen molar-refractivity contribution in [3.8, 4) is 0 Å². The van der Waals surface area contributed by atoms with Gasteiger partial charge in [-0.25, -0.2) is 4.63 Å². The first-order chi connectivity index (χ1) is 4.99. The van der Waals surface area contributed by atoms with Crippen molar-refractivity contribution in [3.63, 3.8) is 0 Å². The molecule has 0 aromatic carbocycles. The maximum Gasteiger partial charge on any atom is 0.215 e. The Balaban J connectivity index is 2.72. The summed E-state index contributed by atoms with van der Waals surface area (Å²) in [6, 6.07) is 0. The van der Waals surface area contributed by atoms with E-state index in [0.29, 0.717) is 11.6 Å². The van der Waals surface area contributed by atoms with Gasteiger partial charge in [-0.05, 0) is 31.1 Å². The Kier molecular flexibility index (Phi) is 1.72. The smallest absolute Gasteiger partial charge is 0.215 e. The third-order valence-electron chi connectivity index (χ3n) is 1.01. The number of nitrogens with two attached hydrogens (primary N) is 1. The van der Waals surface area contributed by atoms with Crippen LogP contribution in [0.5, 0.6) is 0 Å². The molecule has 1 heterocycles. The molecule has 5 heteroatoms. The van der Waals surface area contributed by atoms with Crippen LogP contribution in [0, 0.1) is 0 Å². The van der Waals surface area contributed by atoms with E-state index in [4.69, 9.17) is 5.73 Å². The van der Waals surface area contributed by atoms with Gasteiger partial charge < -0.3 is 11.1 Å². The van der Waals surface area contributed by atoms with E-state index in [-0.39, 0.29) is 5.54 Å². The van der Waals surface area contributed by atoms with E-state index in [9.17, 15) is 0 Å². The minimum atomic E-state index is -0.0767. The lowest BCUT2D eigenvalue weighted by atomic mass is 10.1. The van der Waals surface area contributed by atoms with E-state index >= 15 is 0 Å². The van der Waals surface area contributed by atoms with Gasteiger partial charge >= 0.3 is 0 Å². The molecule has 62 valence electrons. The van der Waals surface area contributed by atoms with Crippen LogP contribution < -0.4 is 11.1 Å². The zero-order chi connectivity index (χ0) is 8.48. The van der Waals surface area contributed by atoms with Crippen LogP contribution in [0.2, 0.25) is 0 Å². The predicted octanol–water partition coefficient (Wildman–Crippen LogP) is 0.862. The standard InChI is InChI=1S/C6H12N4O/c1-6(2,3)8-5-4(7)9-11-10-5/h1-3H3,(H2,7,9)(H,8,10). The molecule has 0 unspecified atom stereocenters. The van der Waals surface area contributed by atoms with E-state index in [1.54, 1.807) is 0 Å². The summed E-state index contributed by atoms with van der Waals surface area (Å²) in [5, 5.41) is 10.0. The number of nitrogens with one attached hydrogen (secondary N) is 1. The van der Waals surface area contributed by atoms with Crippen LogP contribution in [0.3, 0.4) is 0 Å². The second kappa shape index (κ2) is 2.41. The molecule has 1 aromatic heterocycles. The highest BCUT2D eigenvalue weighted by Crippen LogP contribution is 2.16. The van der Waals surface area contributed by atoms with Crippen LogP contribution >= 0.6 is 0 Å². The van der Waals surface area contributed by atoms with Gasteiger partial charge in [0.15, 0.2) is 0 Å². The molecule has 0 spiro atoms. The van der Waals surface area contributed by atoms with Crippen molar-refractivity contribution in [1.29, 1.82) is 0 Å². The molecule has 0 radical (unpaired) electrons. The average molecular weight is 156 g/mol. The van der Waals surface area contributed by atoms with Crippen LogP contribution in [0.4, 0.5) is 11.6 Å². The van der Waals surface area contributed by atoms with Gasteiger partial charge in [-0.1, -0.05) is 0 Å². The minimum Gasteiger partial charge on any atom is -0.378 e. The molecule has 11 heavy (non-hydrogen) atoms. The van der Waals surface area contributed by atoms with Gasteiger partial charge in [0.25, 0.3) is 0 Å². The number of hydrogen-bond donors (Lipinski definition) is 2. The Bertz CT molecular complexity index is 237. The maximum atomic E-state index is 5.42. The molecule has 0 bridgehead atoms. The molecular weight excluding hydrogens is 144 g/mol. The third kappa shape index (κ3) is 2.10. The van der Waals surface area contributed by atoms with Crippen LogP contribution in [-0.4, -0.2) is 15.9 Å². The monoisotopic (exact) mass is 156 g/mol. The Morgan fingerprint density at radius 1 is 1.36 bits per heavy atom. The maximum absolute atomic E-state index is 5.42. The van der Waals surface area contributed by atoms with E-state index in [1.807, 2.05) is 20.8 Å². The Labute approximate surface area is 64.9 Å². The normalized spacial score (nSPS) is 11.5. The van der Waals surface area contributed by atoms with Gasteiger partial charge in [0, 0.05) is 5.54 Å². The van der Waals surface area contributed by atoms with E-state index in [1.165, 1.54) is 0 Å². The second-order valence-corrected chi connectivity index (χ2v) is 3.37. The number of nitrogen functional groups attached to an aromatic ring is 1. The molecule has 0 aliphatic carbocycles. The van der Waals surface area contributed by atoms with Crippen LogP contribution in [0.15, 0.2) is 4.63 Å². The van der Waals surface area contributed by atoms with Crippen molar-refractivity contribution in [1.82, 2.24) is 10.3 Å². The number of rotatable bonds is 1. The highest BCUT2D eigenvalue weighted by molar-refractivity contribution is 5.54. The molecule has 5 nitrogen and oxygen atoms in total. The van der Waals surface area contributed by atoms with Gasteiger partial charge in [0.2, 0.25) is 11.6 Å². The highest BCUT2D eigenvalue weighted by Gasteiger charge is 2.14. The zero-order valence-electron chi connectivity index (χ0n) is 6.88. The first-order valence-corrected chi connectivity index (χ1v) is 3.35. The summed E-state index contributed by atoms with van der Waals surface area (Å²) < 4.78 is 4.40. The van der Waals surface area contributed by atoms with Crippen molar-refractivity contribution < 1.29 is 4.63 Å². The summed E-state index contributed by atoms with van der Waals surface area (Å²) in [6.45, 7) is 6.00. The summed E-state index contributed by atoms with van der Waals surface area (Å²) in [7, 11) is 0. The fourth-order valence-electron chi connectivity index (χ4n) is 0.637. The summed E-state index contributed by atoms with van der Waals surface area (Å²) >= 11 is 0. The van der Waals surface area contributed by atoms with E-state index in [0.717, 1.165) is 0 Å². The van der Waals surface area contributed by atoms with E-state index in [2.05, 4.69) is 20.3 Å². The topological polar surface area (TPSA) is 77.0 Å². The van der Waals surface area contributed by atoms with Gasteiger partial charge in [-0.2, -0.15) is 0 Å². The molecule has 0 atom stereocenters. The predicted molar refractivity (Wildman–Crippen MR) is 42.1 cm³/mol. The molecular formula is C6H12N4O. The SMILES string of the molecule is CC(C)(C)Nc1nonc1N. The first kappa shape index (κ1) is 7.84. The Morgan fingerprint density at radius 3 is 2.36 bits per heavy atom. The quantitative estimate of drug-likeness (QED) is 0.630. The van der Waals surface area contributed by atoms with Crippen LogP contribution in [0.25, 0.3) is 0 Å². The molecule has 3 N–H and O–H groups in total. The number of anilines is 2. The van der Waals surface area contributed by atoms with Crippen molar-refractivity contribution >= 4 is 11.6 Å². The number of hydrogen-bond acceptors (Lipinski definition) is 5. The van der Waals surface area contributed by atoms with Gasteiger partial charge in [0.05, 0.1) is 0 Å². The van der Waals surface area contributed by atoms with Crippen molar-refractivity contribution in [2.24, 2.45) is 0 Å². The lowest BCUT2D eigenvalue weighted by Crippen LogP contribution is -2.26. The van der Waals surface area contributed by atoms with Gasteiger partial charge in [0.1, 0.15) is 0 Å². The second-order valence-electron chi connectivity index (χ2n) is 3.37. The molecule has 0 aliphatic rings. The molecule has 0 saturated carbocycles. The molecule has 0 aliphatic heterocycles. The summed E-state index contributed by atoms with van der Waals surface area (Å²) in [6.07, 6.45) is 0.